The summed E-state index contributed by atoms with van der Waals surface area (Å²) >= 11 is 0. The van der Waals surface area contributed by atoms with Crippen LogP contribution in [0.2, 0.25) is 0 Å². The van der Waals surface area contributed by atoms with Gasteiger partial charge >= 0.3 is 0 Å². The molecule has 0 aromatic heterocycles. The van der Waals surface area contributed by atoms with E-state index in [0.717, 1.165) is 49.5 Å². The molecule has 2 aromatic carbocycles. The van der Waals surface area contributed by atoms with Crippen molar-refractivity contribution in [1.82, 2.24) is 0 Å². The molecule has 0 bridgehead atoms. The van der Waals surface area contributed by atoms with Gasteiger partial charge in [0.1, 0.15) is 11.5 Å². The van der Waals surface area contributed by atoms with Gasteiger partial charge in [0.25, 0.3) is 5.84 Å². The number of unbranched alkanes of at least 4 members (excludes halogenated alkanes) is 7. The lowest BCUT2D eigenvalue weighted by molar-refractivity contribution is -0.114. The van der Waals surface area contributed by atoms with Crippen molar-refractivity contribution >= 4 is 5.84 Å². The van der Waals surface area contributed by atoms with Gasteiger partial charge in [0.05, 0.1) is 45.2 Å². The minimum atomic E-state index is 0.328. The first-order valence-electron chi connectivity index (χ1n) is 14.1. The molecule has 2 rings (SSSR count). The standard InChI is InChI=1S/C29H43N5O4.N3/c30-29(31)26-11-15-28(16-12-26)38-20-8-6-4-2-1-3-5-7-19-37-27-13-9-25(10-14-27)17-21-35-23-24-36-22-18-33-34-32;1-3-2/h9-16H,1-8,17-24H2,(H3,30,31);/q;-1/p+1. The first kappa shape index (κ1) is 35.1. The van der Waals surface area contributed by atoms with Crippen molar-refractivity contribution in [2.75, 3.05) is 46.2 Å². The third-order valence-electron chi connectivity index (χ3n) is 5.99. The topological polar surface area (TPSA) is 196 Å². The largest absolute Gasteiger partial charge is 0.494 e. The third-order valence-corrected chi connectivity index (χ3v) is 5.99. The molecule has 0 saturated carbocycles. The molecule has 0 aliphatic heterocycles. The van der Waals surface area contributed by atoms with E-state index >= 15 is 0 Å². The van der Waals surface area contributed by atoms with Crippen LogP contribution >= 0.6 is 0 Å². The molecule has 224 valence electrons. The predicted molar refractivity (Wildman–Crippen MR) is 160 cm³/mol. The summed E-state index contributed by atoms with van der Waals surface area (Å²) in [6.45, 7) is 3.97. The van der Waals surface area contributed by atoms with E-state index in [1.54, 1.807) is 0 Å². The smallest absolute Gasteiger partial charge is 0.270 e. The second-order valence-corrected chi connectivity index (χ2v) is 9.17. The maximum atomic E-state index is 8.18. The maximum absolute atomic E-state index is 8.18. The highest BCUT2D eigenvalue weighted by Gasteiger charge is 2.02. The summed E-state index contributed by atoms with van der Waals surface area (Å²) in [6.07, 6.45) is 10.5. The van der Waals surface area contributed by atoms with Crippen LogP contribution in [-0.2, 0) is 15.9 Å². The Hall–Kier alpha value is -3.95. The van der Waals surface area contributed by atoms with Gasteiger partial charge in [-0.25, -0.2) is 0 Å². The Balaban J connectivity index is 0.00000268. The summed E-state index contributed by atoms with van der Waals surface area (Å²) in [6, 6.07) is 15.8. The molecule has 41 heavy (non-hydrogen) atoms. The SMILES string of the molecule is [N-]=[N+]=NCCOCCOCCc1ccc(OCCCCCCCCCCOc2ccc(C(N)=[NH2+])cc2)cc1.[N-]=[N+]=[N-]. The molecule has 0 spiro atoms. The van der Waals surface area contributed by atoms with Gasteiger partial charge in [-0.3, -0.25) is 16.1 Å². The predicted octanol–water partition coefficient (Wildman–Crippen LogP) is 5.48. The number of nitrogens with two attached hydrogens (primary N) is 2. The van der Waals surface area contributed by atoms with Crippen LogP contribution < -0.4 is 20.6 Å². The van der Waals surface area contributed by atoms with Gasteiger partial charge in [-0.05, 0) is 66.8 Å². The van der Waals surface area contributed by atoms with Crippen LogP contribution in [-0.4, -0.2) is 52.0 Å². The number of rotatable bonds is 23. The van der Waals surface area contributed by atoms with E-state index < -0.39 is 0 Å². The fraction of sp³-hybridized carbons (Fsp3) is 0.552. The molecular weight excluding hydrogens is 524 g/mol. The van der Waals surface area contributed by atoms with E-state index in [2.05, 4.69) is 22.2 Å². The number of amidine groups is 1. The first-order valence-corrected chi connectivity index (χ1v) is 14.1. The van der Waals surface area contributed by atoms with E-state index in [1.165, 1.54) is 49.0 Å². The minimum Gasteiger partial charge on any atom is -0.494 e. The average Bonchev–Trinajstić information content (AvgIpc) is 2.98. The average molecular weight is 569 g/mol. The maximum Gasteiger partial charge on any atom is 0.270 e. The van der Waals surface area contributed by atoms with Crippen molar-refractivity contribution in [3.63, 3.8) is 0 Å². The van der Waals surface area contributed by atoms with E-state index in [1.807, 2.05) is 36.4 Å². The zero-order chi connectivity index (χ0) is 29.8. The summed E-state index contributed by atoms with van der Waals surface area (Å²) in [5, 5.41) is 8.98. The fourth-order valence-electron chi connectivity index (χ4n) is 3.80. The monoisotopic (exact) mass is 568 g/mol. The Bertz CT molecular complexity index is 1020. The molecule has 12 heteroatoms. The van der Waals surface area contributed by atoms with Crippen LogP contribution in [0.25, 0.3) is 26.4 Å². The highest BCUT2D eigenvalue weighted by atomic mass is 16.5. The quantitative estimate of drug-likeness (QED) is 0.0446. The summed E-state index contributed by atoms with van der Waals surface area (Å²) in [5.41, 5.74) is 29.3. The molecule has 0 amide bonds. The summed E-state index contributed by atoms with van der Waals surface area (Å²) < 4.78 is 22.5. The second-order valence-electron chi connectivity index (χ2n) is 9.17. The van der Waals surface area contributed by atoms with Crippen molar-refractivity contribution in [2.45, 2.75) is 57.8 Å². The van der Waals surface area contributed by atoms with Crippen molar-refractivity contribution in [2.24, 2.45) is 10.8 Å². The Morgan fingerprint density at radius 3 is 1.61 bits per heavy atom. The first-order chi connectivity index (χ1) is 20.1. The van der Waals surface area contributed by atoms with Crippen LogP contribution in [0, 0.1) is 0 Å². The zero-order valence-electron chi connectivity index (χ0n) is 23.9. The number of hydrogen-bond acceptors (Lipinski definition) is 5. The highest BCUT2D eigenvalue weighted by molar-refractivity contribution is 5.92. The molecule has 0 aliphatic carbocycles. The Morgan fingerprint density at radius 1 is 0.659 bits per heavy atom. The summed E-state index contributed by atoms with van der Waals surface area (Å²) in [5.74, 6) is 2.11. The number of nitrogens with zero attached hydrogens (tertiary/aromatic N) is 6. The Morgan fingerprint density at radius 2 is 1.12 bits per heavy atom. The molecule has 0 aliphatic rings. The minimum absolute atomic E-state index is 0.328. The van der Waals surface area contributed by atoms with Crippen LogP contribution in [0.4, 0.5) is 0 Å². The number of azide groups is 1. The van der Waals surface area contributed by atoms with Gasteiger partial charge in [0.15, 0.2) is 0 Å². The molecule has 12 nitrogen and oxygen atoms in total. The van der Waals surface area contributed by atoms with E-state index in [-0.39, 0.29) is 0 Å². The number of ether oxygens (including phenoxy) is 4. The van der Waals surface area contributed by atoms with Gasteiger partial charge in [0, 0.05) is 11.5 Å². The van der Waals surface area contributed by atoms with Gasteiger partial charge in [-0.1, -0.05) is 55.8 Å². The van der Waals surface area contributed by atoms with Gasteiger partial charge in [0.2, 0.25) is 0 Å². The van der Waals surface area contributed by atoms with Crippen molar-refractivity contribution in [3.05, 3.63) is 86.1 Å². The molecule has 0 fully saturated rings. The van der Waals surface area contributed by atoms with Crippen LogP contribution in [0.1, 0.15) is 62.5 Å². The van der Waals surface area contributed by atoms with Gasteiger partial charge in [-0.15, -0.1) is 0 Å². The molecule has 0 unspecified atom stereocenters. The Kier molecular flexibility index (Phi) is 21.4. The normalized spacial score (nSPS) is 10.0. The van der Waals surface area contributed by atoms with Gasteiger partial charge < -0.3 is 30.0 Å². The lowest BCUT2D eigenvalue weighted by Gasteiger charge is -2.08. The Labute approximate surface area is 242 Å². The van der Waals surface area contributed by atoms with Crippen molar-refractivity contribution < 1.29 is 24.4 Å². The molecule has 0 saturated heterocycles. The summed E-state index contributed by atoms with van der Waals surface area (Å²) in [7, 11) is 0. The second kappa shape index (κ2) is 25.0. The van der Waals surface area contributed by atoms with E-state index in [0.29, 0.717) is 38.8 Å². The molecule has 4 N–H and O–H groups in total. The third kappa shape index (κ3) is 19.7. The van der Waals surface area contributed by atoms with Crippen LogP contribution in [0.3, 0.4) is 0 Å². The molecule has 0 heterocycles. The molecule has 0 atom stereocenters. The fourth-order valence-corrected chi connectivity index (χ4v) is 3.80. The van der Waals surface area contributed by atoms with E-state index in [4.69, 9.17) is 46.7 Å². The zero-order valence-corrected chi connectivity index (χ0v) is 23.9. The van der Waals surface area contributed by atoms with Crippen molar-refractivity contribution in [1.29, 1.82) is 0 Å². The highest BCUT2D eigenvalue weighted by Crippen LogP contribution is 2.15. The summed E-state index contributed by atoms with van der Waals surface area (Å²) in [4.78, 5) is 4.17. The number of hydrogen-bond donors (Lipinski definition) is 2. The van der Waals surface area contributed by atoms with E-state index in [9.17, 15) is 0 Å². The van der Waals surface area contributed by atoms with Crippen molar-refractivity contribution in [3.8, 4) is 11.5 Å². The molecule has 2 aromatic rings. The van der Waals surface area contributed by atoms with Crippen LogP contribution in [0.5, 0.6) is 11.5 Å². The molecular formula is C29H44N8O4. The number of benzene rings is 2. The lowest BCUT2D eigenvalue weighted by Crippen LogP contribution is -2.46. The van der Waals surface area contributed by atoms with Gasteiger partial charge in [-0.2, -0.15) is 0 Å². The van der Waals surface area contributed by atoms with Crippen LogP contribution in [0.15, 0.2) is 53.6 Å². The lowest BCUT2D eigenvalue weighted by atomic mass is 10.1. The molecule has 0 radical (unpaired) electrons.